The topological polar surface area (TPSA) is 62.3 Å². The van der Waals surface area contributed by atoms with Crippen LogP contribution < -0.4 is 5.32 Å². The van der Waals surface area contributed by atoms with Crippen molar-refractivity contribution in [1.29, 1.82) is 0 Å². The Balaban J connectivity index is 1.95. The lowest BCUT2D eigenvalue weighted by Crippen LogP contribution is -2.28. The summed E-state index contributed by atoms with van der Waals surface area (Å²) in [7, 11) is 0.0471. The fraction of sp³-hybridized carbons (Fsp3) is 0.400. The van der Waals surface area contributed by atoms with Gasteiger partial charge >= 0.3 is 0 Å². The number of hydrogen-bond donors (Lipinski definition) is 1. The molecule has 1 aromatic carbocycles. The lowest BCUT2D eigenvalue weighted by molar-refractivity contribution is 0.453. The molecule has 0 bridgehead atoms. The number of nitrogens with zero attached hydrogens (tertiary/aromatic N) is 2. The van der Waals surface area contributed by atoms with Gasteiger partial charge in [-0.2, -0.15) is 0 Å². The first kappa shape index (κ1) is 14.3. The molecule has 112 valence electrons. The molecule has 0 unspecified atom stereocenters. The Bertz CT molecular complexity index is 770. The van der Waals surface area contributed by atoms with Crippen LogP contribution in [0.3, 0.4) is 0 Å². The quantitative estimate of drug-likeness (QED) is 0.921. The highest BCUT2D eigenvalue weighted by atomic mass is 32.2. The molecule has 5 nitrogen and oxygen atoms in total. The van der Waals surface area contributed by atoms with Gasteiger partial charge in [-0.05, 0) is 49.1 Å². The Hall–Kier alpha value is -1.66. The van der Waals surface area contributed by atoms with Gasteiger partial charge in [0.25, 0.3) is 0 Å². The van der Waals surface area contributed by atoms with Crippen molar-refractivity contribution in [3.8, 4) is 0 Å². The van der Waals surface area contributed by atoms with Crippen LogP contribution in [0.5, 0.6) is 0 Å². The molecule has 0 atom stereocenters. The molecule has 1 aromatic heterocycles. The highest BCUT2D eigenvalue weighted by Gasteiger charge is 2.29. The summed E-state index contributed by atoms with van der Waals surface area (Å²) in [5, 5.41) is 3.80. The van der Waals surface area contributed by atoms with E-state index in [0.717, 1.165) is 29.6 Å². The summed E-state index contributed by atoms with van der Waals surface area (Å²) < 4.78 is 26.6. The van der Waals surface area contributed by atoms with E-state index in [-0.39, 0.29) is 0 Å². The fourth-order valence-corrected chi connectivity index (χ4v) is 3.63. The molecular weight excluding hydrogens is 286 g/mol. The number of fused-ring (bicyclic) bond motifs is 1. The van der Waals surface area contributed by atoms with Gasteiger partial charge in [0, 0.05) is 26.0 Å². The van der Waals surface area contributed by atoms with Crippen LogP contribution in [0.4, 0.5) is 5.82 Å². The first-order valence-corrected chi connectivity index (χ1v) is 8.49. The molecule has 3 rings (SSSR count). The van der Waals surface area contributed by atoms with Crippen molar-refractivity contribution in [3.05, 3.63) is 30.3 Å². The van der Waals surface area contributed by atoms with E-state index in [1.54, 1.807) is 32.3 Å². The molecule has 1 heterocycles. The number of aromatic nitrogens is 1. The molecule has 0 radical (unpaired) electrons. The predicted molar refractivity (Wildman–Crippen MR) is 83.8 cm³/mol. The summed E-state index contributed by atoms with van der Waals surface area (Å²) in [5.41, 5.74) is 0.783. The highest BCUT2D eigenvalue weighted by Crippen LogP contribution is 2.31. The second-order valence-corrected chi connectivity index (χ2v) is 7.57. The summed E-state index contributed by atoms with van der Waals surface area (Å²) in [6, 6.07) is 8.81. The molecule has 0 amide bonds. The van der Waals surface area contributed by atoms with Gasteiger partial charge in [0.2, 0.25) is 10.0 Å². The highest BCUT2D eigenvalue weighted by molar-refractivity contribution is 7.89. The summed E-state index contributed by atoms with van der Waals surface area (Å²) in [4.78, 5) is 4.73. The first-order valence-electron chi connectivity index (χ1n) is 7.05. The van der Waals surface area contributed by atoms with E-state index in [1.165, 1.54) is 4.31 Å². The monoisotopic (exact) mass is 305 g/mol. The zero-order valence-corrected chi connectivity index (χ0v) is 13.0. The maximum absolute atomic E-state index is 12.6. The lowest BCUT2D eigenvalue weighted by Gasteiger charge is -2.17. The van der Waals surface area contributed by atoms with E-state index >= 15 is 0 Å². The second-order valence-electron chi connectivity index (χ2n) is 5.53. The molecule has 1 N–H and O–H groups in total. The normalized spacial score (nSPS) is 15.6. The Morgan fingerprint density at radius 2 is 2.05 bits per heavy atom. The molecule has 1 aliphatic carbocycles. The van der Waals surface area contributed by atoms with Gasteiger partial charge < -0.3 is 5.32 Å². The Morgan fingerprint density at radius 1 is 1.29 bits per heavy atom. The van der Waals surface area contributed by atoms with Crippen LogP contribution in [0.1, 0.15) is 12.8 Å². The van der Waals surface area contributed by atoms with E-state index in [9.17, 15) is 8.42 Å². The third-order valence-electron chi connectivity index (χ3n) is 3.84. The van der Waals surface area contributed by atoms with Crippen LogP contribution in [0.15, 0.2) is 35.2 Å². The van der Waals surface area contributed by atoms with E-state index in [0.29, 0.717) is 17.4 Å². The largest absolute Gasteiger partial charge is 0.373 e. The average molecular weight is 305 g/mol. The van der Waals surface area contributed by atoms with Crippen LogP contribution >= 0.6 is 0 Å². The van der Waals surface area contributed by atoms with Gasteiger partial charge in [-0.1, -0.05) is 0 Å². The van der Waals surface area contributed by atoms with Crippen molar-refractivity contribution in [2.24, 2.45) is 5.92 Å². The summed E-state index contributed by atoms with van der Waals surface area (Å²) >= 11 is 0. The molecule has 1 aliphatic rings. The first-order chi connectivity index (χ1) is 10.0. The minimum atomic E-state index is -3.41. The van der Waals surface area contributed by atoms with Gasteiger partial charge in [-0.25, -0.2) is 17.7 Å². The van der Waals surface area contributed by atoms with E-state index in [1.807, 2.05) is 12.1 Å². The zero-order valence-electron chi connectivity index (χ0n) is 12.2. The van der Waals surface area contributed by atoms with Crippen molar-refractivity contribution < 1.29 is 8.42 Å². The van der Waals surface area contributed by atoms with Gasteiger partial charge in [-0.3, -0.25) is 0 Å². The van der Waals surface area contributed by atoms with E-state index in [2.05, 4.69) is 10.3 Å². The number of benzene rings is 1. The third kappa shape index (κ3) is 2.87. The molecular formula is C15H19N3O2S. The summed E-state index contributed by atoms with van der Waals surface area (Å²) in [6.07, 6.45) is 2.27. The minimum Gasteiger partial charge on any atom is -0.373 e. The molecule has 0 aliphatic heterocycles. The SMILES string of the molecule is CNc1ccc2cc(S(=O)(=O)N(C)CC3CC3)ccc2n1. The Labute approximate surface area is 125 Å². The number of nitrogens with one attached hydrogen (secondary N) is 1. The van der Waals surface area contributed by atoms with Crippen LogP contribution in [0.2, 0.25) is 0 Å². The number of rotatable bonds is 5. The van der Waals surface area contributed by atoms with Crippen molar-refractivity contribution in [2.45, 2.75) is 17.7 Å². The second kappa shape index (κ2) is 5.27. The smallest absolute Gasteiger partial charge is 0.242 e. The van der Waals surface area contributed by atoms with Gasteiger partial charge in [-0.15, -0.1) is 0 Å². The van der Waals surface area contributed by atoms with Crippen LogP contribution in [-0.4, -0.2) is 38.3 Å². The molecule has 2 aromatic rings. The molecule has 6 heteroatoms. The minimum absolute atomic E-state index is 0.331. The van der Waals surface area contributed by atoms with Crippen molar-refractivity contribution in [1.82, 2.24) is 9.29 Å². The fourth-order valence-electron chi connectivity index (χ4n) is 2.35. The third-order valence-corrected chi connectivity index (χ3v) is 5.66. The van der Waals surface area contributed by atoms with Crippen LogP contribution in [-0.2, 0) is 10.0 Å². The van der Waals surface area contributed by atoms with Crippen molar-refractivity contribution in [3.63, 3.8) is 0 Å². The Morgan fingerprint density at radius 3 is 2.71 bits per heavy atom. The number of sulfonamides is 1. The maximum Gasteiger partial charge on any atom is 0.242 e. The van der Waals surface area contributed by atoms with E-state index in [4.69, 9.17) is 0 Å². The Kier molecular flexibility index (Phi) is 3.59. The molecule has 21 heavy (non-hydrogen) atoms. The lowest BCUT2D eigenvalue weighted by atomic mass is 10.2. The van der Waals surface area contributed by atoms with E-state index < -0.39 is 10.0 Å². The predicted octanol–water partition coefficient (Wildman–Crippen LogP) is 2.31. The molecule has 1 saturated carbocycles. The average Bonchev–Trinajstić information content (AvgIpc) is 3.29. The standard InChI is InChI=1S/C15H19N3O2S/c1-16-15-8-5-12-9-13(6-7-14(12)17-15)21(19,20)18(2)10-11-3-4-11/h5-9,11H,3-4,10H2,1-2H3,(H,16,17). The van der Waals surface area contributed by atoms with Gasteiger partial charge in [0.15, 0.2) is 0 Å². The van der Waals surface area contributed by atoms with Crippen molar-refractivity contribution in [2.75, 3.05) is 26.0 Å². The summed E-state index contributed by atoms with van der Waals surface area (Å²) in [5.74, 6) is 1.30. The maximum atomic E-state index is 12.6. The summed E-state index contributed by atoms with van der Waals surface area (Å²) in [6.45, 7) is 0.608. The van der Waals surface area contributed by atoms with Crippen LogP contribution in [0, 0.1) is 5.92 Å². The molecule has 1 fully saturated rings. The molecule has 0 saturated heterocycles. The van der Waals surface area contributed by atoms with Crippen LogP contribution in [0.25, 0.3) is 10.9 Å². The number of anilines is 1. The zero-order chi connectivity index (χ0) is 15.0. The van der Waals surface area contributed by atoms with Gasteiger partial charge in [0.1, 0.15) is 5.82 Å². The van der Waals surface area contributed by atoms with Gasteiger partial charge in [0.05, 0.1) is 10.4 Å². The number of hydrogen-bond acceptors (Lipinski definition) is 4. The molecule has 0 spiro atoms. The number of pyridine rings is 1. The van der Waals surface area contributed by atoms with Crippen molar-refractivity contribution >= 4 is 26.7 Å².